The summed E-state index contributed by atoms with van der Waals surface area (Å²) in [5.41, 5.74) is -3.29. The first-order chi connectivity index (χ1) is 8.62. The normalized spacial score (nSPS) is 51.3. The Morgan fingerprint density at radius 2 is 1.63 bits per heavy atom. The van der Waals surface area contributed by atoms with E-state index in [1.165, 1.54) is 0 Å². The number of aliphatic hydroxyl groups excluding tert-OH is 1. The lowest BCUT2D eigenvalue weighted by molar-refractivity contribution is -0.367. The van der Waals surface area contributed by atoms with Crippen LogP contribution in [-0.4, -0.2) is 54.4 Å². The number of hydrogen-bond donors (Lipinski definition) is 1. The molecule has 0 aromatic rings. The van der Waals surface area contributed by atoms with Crippen molar-refractivity contribution < 1.29 is 22.4 Å². The van der Waals surface area contributed by atoms with Crippen LogP contribution < -0.4 is 0 Å². The molecule has 1 fully saturated rings. The fraction of sp³-hybridized carbons (Fsp3) is 1.00. The van der Waals surface area contributed by atoms with E-state index in [2.05, 4.69) is 0 Å². The fourth-order valence-corrected chi connectivity index (χ4v) is 3.97. The number of aliphatic hydroxyl groups is 1. The maximum atomic E-state index is 9.80. The summed E-state index contributed by atoms with van der Waals surface area (Å²) in [7, 11) is 3.26. The lowest BCUT2D eigenvalue weighted by atomic mass is 9.62. The zero-order valence-corrected chi connectivity index (χ0v) is 14.9. The summed E-state index contributed by atoms with van der Waals surface area (Å²) in [6, 6.07) is 0. The fourth-order valence-electron chi connectivity index (χ4n) is 3.08. The predicted molar refractivity (Wildman–Crippen MR) is 80.4 cm³/mol. The van der Waals surface area contributed by atoms with Crippen LogP contribution in [0.1, 0.15) is 34.6 Å². The average molecular weight is 388 g/mol. The van der Waals surface area contributed by atoms with Gasteiger partial charge in [0.25, 0.3) is 0 Å². The largest absolute Gasteiger partial charge is 0.393 e. The third-order valence-corrected chi connectivity index (χ3v) is 6.25. The summed E-state index contributed by atoms with van der Waals surface area (Å²) in [5, 5.41) is 9.80. The maximum Gasteiger partial charge on any atom is 0.140 e. The minimum Gasteiger partial charge on any atom is -0.393 e. The number of methoxy groups -OCH3 is 2. The van der Waals surface area contributed by atoms with Crippen molar-refractivity contribution in [1.82, 2.24) is 0 Å². The molecule has 1 saturated heterocycles. The van der Waals surface area contributed by atoms with E-state index in [4.69, 9.17) is 17.3 Å². The van der Waals surface area contributed by atoms with Crippen LogP contribution in [0.2, 0.25) is 0 Å². The van der Waals surface area contributed by atoms with Crippen molar-refractivity contribution in [2.24, 2.45) is 0 Å². The molecule has 1 aliphatic rings. The van der Waals surface area contributed by atoms with Gasteiger partial charge in [-0.25, -0.2) is 0 Å². The molecule has 114 valence electrons. The van der Waals surface area contributed by atoms with E-state index in [9.17, 15) is 5.11 Å². The third kappa shape index (κ3) is 1.98. The Morgan fingerprint density at radius 3 is 1.95 bits per heavy atom. The Bertz CT molecular complexity index is 341. The summed E-state index contributed by atoms with van der Waals surface area (Å²) in [5.74, 6) is 0. The van der Waals surface area contributed by atoms with Gasteiger partial charge in [0, 0.05) is 14.2 Å². The van der Waals surface area contributed by atoms with E-state index in [1.54, 1.807) is 14.2 Å². The van der Waals surface area contributed by atoms with Gasteiger partial charge in [-0.2, -0.15) is 0 Å². The summed E-state index contributed by atoms with van der Waals surface area (Å²) < 4.78 is 23.3. The smallest absolute Gasteiger partial charge is 0.140 e. The molecule has 19 heavy (non-hydrogen) atoms. The van der Waals surface area contributed by atoms with Crippen molar-refractivity contribution in [3.8, 4) is 0 Å². The predicted octanol–water partition coefficient (Wildman–Crippen LogP) is 2.09. The van der Waals surface area contributed by atoms with Gasteiger partial charge in [-0.1, -0.05) is 0 Å². The number of halogens is 1. The first kappa shape index (κ1) is 17.6. The lowest BCUT2D eigenvalue weighted by Crippen LogP contribution is -2.81. The highest BCUT2D eigenvalue weighted by atomic mass is 127. The van der Waals surface area contributed by atoms with Crippen molar-refractivity contribution in [2.45, 2.75) is 63.1 Å². The van der Waals surface area contributed by atoms with Gasteiger partial charge < -0.3 is 22.4 Å². The number of rotatable bonds is 4. The summed E-state index contributed by atoms with van der Waals surface area (Å²) in [6.07, 6.45) is -0.265. The quantitative estimate of drug-likeness (QED) is 0.748. The minimum absolute atomic E-state index is 0.171. The van der Waals surface area contributed by atoms with E-state index < -0.39 is 22.4 Å². The van der Waals surface area contributed by atoms with Crippen molar-refractivity contribution in [3.05, 3.63) is 0 Å². The molecule has 1 heterocycles. The Balaban J connectivity index is 3.52. The van der Waals surface area contributed by atoms with E-state index >= 15 is 0 Å². The van der Waals surface area contributed by atoms with Gasteiger partial charge in [0.2, 0.25) is 0 Å². The van der Waals surface area contributed by atoms with Crippen LogP contribution in [-0.2, 0) is 17.3 Å². The molecule has 0 aliphatic carbocycles. The van der Waals surface area contributed by atoms with Gasteiger partial charge in [-0.3, -0.25) is 0 Å². The second kappa shape index (κ2) is 5.38. The highest BCUT2D eigenvalue weighted by Gasteiger charge is 2.72. The van der Waals surface area contributed by atoms with Crippen LogP contribution >= 0.6 is 23.0 Å². The summed E-state index contributed by atoms with van der Waals surface area (Å²) in [6.45, 7) is 9.32. The molecule has 0 bridgehead atoms. The Kier molecular flexibility index (Phi) is 4.98. The third-order valence-electron chi connectivity index (χ3n) is 5.37. The molecule has 4 unspecified atom stereocenters. The van der Waals surface area contributed by atoms with Crippen LogP contribution in [0.3, 0.4) is 0 Å². The van der Waals surface area contributed by atoms with E-state index in [1.807, 2.05) is 57.6 Å². The molecule has 0 aromatic heterocycles. The zero-order chi connectivity index (χ0) is 15.1. The molecule has 1 N–H and O–H groups in total. The van der Waals surface area contributed by atoms with Crippen molar-refractivity contribution in [1.29, 1.82) is 0 Å². The second-order valence-corrected chi connectivity index (χ2v) is 6.25. The van der Waals surface area contributed by atoms with Crippen LogP contribution in [0.5, 0.6) is 0 Å². The van der Waals surface area contributed by atoms with Gasteiger partial charge in [0.15, 0.2) is 0 Å². The van der Waals surface area contributed by atoms with Gasteiger partial charge in [0.1, 0.15) is 45.4 Å². The molecular weight excluding hydrogens is 363 g/mol. The standard InChI is InChI=1S/C13H25IO5/c1-9-11(3,16-6)13(5,17-7)12(4,19-14)10(2,8-15)18-9/h9,15H,8H2,1-7H3/t9-,10?,11?,12?,13?/m0/s1. The van der Waals surface area contributed by atoms with Crippen LogP contribution in [0.4, 0.5) is 0 Å². The summed E-state index contributed by atoms with van der Waals surface area (Å²) in [4.78, 5) is 0. The molecule has 6 heteroatoms. The average Bonchev–Trinajstić information content (AvgIpc) is 2.42. The highest BCUT2D eigenvalue weighted by molar-refractivity contribution is 14.1. The van der Waals surface area contributed by atoms with Gasteiger partial charge in [-0.15, -0.1) is 0 Å². The highest BCUT2D eigenvalue weighted by Crippen LogP contribution is 2.54. The number of ether oxygens (including phenoxy) is 3. The molecule has 0 spiro atoms. The summed E-state index contributed by atoms with van der Waals surface area (Å²) >= 11 is 1.83. The molecular formula is C13H25IO5. The van der Waals surface area contributed by atoms with Crippen molar-refractivity contribution >= 4 is 23.0 Å². The molecule has 0 amide bonds. The van der Waals surface area contributed by atoms with Gasteiger partial charge in [0.05, 0.1) is 12.7 Å². The SMILES string of the molecule is COC1(C)[C@H](C)OC(C)(CO)C(C)(OI)C1(C)OC. The molecule has 5 nitrogen and oxygen atoms in total. The van der Waals surface area contributed by atoms with Crippen LogP contribution in [0.15, 0.2) is 0 Å². The van der Waals surface area contributed by atoms with E-state index in [0.29, 0.717) is 0 Å². The van der Waals surface area contributed by atoms with Crippen molar-refractivity contribution in [2.75, 3.05) is 20.8 Å². The molecule has 1 aliphatic heterocycles. The Hall–Kier alpha value is 0.530. The number of hydrogen-bond acceptors (Lipinski definition) is 5. The first-order valence-corrected chi connectivity index (χ1v) is 7.19. The topological polar surface area (TPSA) is 57.2 Å². The van der Waals surface area contributed by atoms with Crippen LogP contribution in [0.25, 0.3) is 0 Å². The lowest BCUT2D eigenvalue weighted by Gasteiger charge is -2.64. The van der Waals surface area contributed by atoms with Crippen LogP contribution in [0, 0.1) is 0 Å². The monoisotopic (exact) mass is 388 g/mol. The molecule has 0 radical (unpaired) electrons. The molecule has 1 rings (SSSR count). The second-order valence-electron chi connectivity index (χ2n) is 5.81. The van der Waals surface area contributed by atoms with Crippen molar-refractivity contribution in [3.63, 3.8) is 0 Å². The molecule has 5 atom stereocenters. The maximum absolute atomic E-state index is 9.80. The zero-order valence-electron chi connectivity index (χ0n) is 12.7. The Morgan fingerprint density at radius 1 is 1.11 bits per heavy atom. The first-order valence-electron chi connectivity index (χ1n) is 6.31. The Labute approximate surface area is 129 Å². The molecule has 0 saturated carbocycles. The van der Waals surface area contributed by atoms with Gasteiger partial charge >= 0.3 is 0 Å². The van der Waals surface area contributed by atoms with Gasteiger partial charge in [-0.05, 0) is 34.6 Å². The van der Waals surface area contributed by atoms with E-state index in [-0.39, 0.29) is 12.7 Å². The van der Waals surface area contributed by atoms with E-state index in [0.717, 1.165) is 0 Å². The molecule has 0 aromatic carbocycles. The minimum atomic E-state index is -0.892.